The van der Waals surface area contributed by atoms with E-state index in [0.717, 1.165) is 0 Å². The highest BCUT2D eigenvalue weighted by molar-refractivity contribution is 7.85. The molecule has 4 N–H and O–H groups in total. The standard InChI is InChI=1S/C5H10O4.CH4O3S/c6-1-4-5(8)3(7)2-9-4;1-5(2,3)4/h3-8H,1-2H2;1H3,(H,2,3,4)/t3-,4+,5-;/m0./s1. The van der Waals surface area contributed by atoms with Crippen LogP contribution in [-0.4, -0.2) is 66.1 Å². The second-order valence-corrected chi connectivity index (χ2v) is 4.31. The van der Waals surface area contributed by atoms with Crippen LogP contribution >= 0.6 is 0 Å². The van der Waals surface area contributed by atoms with Gasteiger partial charge in [-0.25, -0.2) is 0 Å². The smallest absolute Gasteiger partial charge is 0.261 e. The third kappa shape index (κ3) is 6.24. The van der Waals surface area contributed by atoms with Crippen molar-refractivity contribution in [3.63, 3.8) is 0 Å². The molecule has 86 valence electrons. The molecule has 0 spiro atoms. The molecule has 0 aliphatic carbocycles. The Hall–Kier alpha value is -0.250. The molecule has 0 saturated carbocycles. The van der Waals surface area contributed by atoms with Crippen LogP contribution in [0.25, 0.3) is 0 Å². The first-order valence-corrected chi connectivity index (χ1v) is 5.61. The predicted octanol–water partition coefficient (Wildman–Crippen LogP) is -2.40. The topological polar surface area (TPSA) is 124 Å². The average molecular weight is 230 g/mol. The van der Waals surface area contributed by atoms with Crippen molar-refractivity contribution in [1.29, 1.82) is 0 Å². The SMILES string of the molecule is CS(=O)(=O)O.OC[C@H]1OC[C@H](O)[C@@H]1O. The zero-order valence-electron chi connectivity index (χ0n) is 7.57. The molecule has 3 atom stereocenters. The quantitative estimate of drug-likeness (QED) is 0.370. The highest BCUT2D eigenvalue weighted by Crippen LogP contribution is 2.12. The fraction of sp³-hybridized carbons (Fsp3) is 1.00. The summed E-state index contributed by atoms with van der Waals surface area (Å²) in [6, 6.07) is 0. The van der Waals surface area contributed by atoms with Crippen molar-refractivity contribution < 1.29 is 33.0 Å². The van der Waals surface area contributed by atoms with Crippen LogP contribution < -0.4 is 0 Å². The van der Waals surface area contributed by atoms with Crippen molar-refractivity contribution in [2.45, 2.75) is 18.3 Å². The van der Waals surface area contributed by atoms with E-state index in [1.54, 1.807) is 0 Å². The van der Waals surface area contributed by atoms with Crippen LogP contribution in [0.3, 0.4) is 0 Å². The summed E-state index contributed by atoms with van der Waals surface area (Å²) >= 11 is 0. The highest BCUT2D eigenvalue weighted by Gasteiger charge is 2.33. The zero-order chi connectivity index (χ0) is 11.4. The molecule has 1 heterocycles. The van der Waals surface area contributed by atoms with Crippen molar-refractivity contribution in [2.75, 3.05) is 19.5 Å². The lowest BCUT2D eigenvalue weighted by atomic mass is 10.2. The molecule has 0 radical (unpaired) electrons. The van der Waals surface area contributed by atoms with Crippen LogP contribution in [0.2, 0.25) is 0 Å². The average Bonchev–Trinajstić information content (AvgIpc) is 2.30. The molecule has 14 heavy (non-hydrogen) atoms. The van der Waals surface area contributed by atoms with Crippen molar-refractivity contribution in [1.82, 2.24) is 0 Å². The molecule has 1 aliphatic heterocycles. The molecular formula is C6H14O7S. The maximum atomic E-state index is 9.19. The Kier molecular flexibility index (Phi) is 5.49. The van der Waals surface area contributed by atoms with E-state index in [-0.39, 0.29) is 13.2 Å². The van der Waals surface area contributed by atoms with E-state index in [1.807, 2.05) is 0 Å². The number of ether oxygens (including phenoxy) is 1. The van der Waals surface area contributed by atoms with Gasteiger partial charge in [0.2, 0.25) is 0 Å². The maximum absolute atomic E-state index is 9.19. The monoisotopic (exact) mass is 230 g/mol. The molecule has 7 nitrogen and oxygen atoms in total. The lowest BCUT2D eigenvalue weighted by Crippen LogP contribution is -2.31. The summed E-state index contributed by atoms with van der Waals surface area (Å²) in [4.78, 5) is 0. The Bertz CT molecular complexity index is 241. The summed E-state index contributed by atoms with van der Waals surface area (Å²) in [5.74, 6) is 0. The number of hydrogen-bond acceptors (Lipinski definition) is 6. The van der Waals surface area contributed by atoms with Crippen molar-refractivity contribution in [3.05, 3.63) is 0 Å². The molecule has 8 heteroatoms. The molecule has 0 aromatic carbocycles. The Morgan fingerprint density at radius 2 is 1.86 bits per heavy atom. The van der Waals surface area contributed by atoms with Gasteiger partial charge < -0.3 is 20.1 Å². The zero-order valence-corrected chi connectivity index (χ0v) is 8.38. The van der Waals surface area contributed by atoms with Gasteiger partial charge in [0.25, 0.3) is 10.1 Å². The molecule has 1 rings (SSSR count). The normalized spacial score (nSPS) is 32.2. The molecular weight excluding hydrogens is 216 g/mol. The summed E-state index contributed by atoms with van der Waals surface area (Å²) < 4.78 is 30.6. The second-order valence-electron chi connectivity index (χ2n) is 2.85. The van der Waals surface area contributed by atoms with E-state index < -0.39 is 28.4 Å². The minimum Gasteiger partial charge on any atom is -0.394 e. The van der Waals surface area contributed by atoms with Crippen LogP contribution in [-0.2, 0) is 14.9 Å². The van der Waals surface area contributed by atoms with Gasteiger partial charge in [-0.2, -0.15) is 8.42 Å². The largest absolute Gasteiger partial charge is 0.394 e. The first kappa shape index (κ1) is 13.8. The Morgan fingerprint density at radius 3 is 2.00 bits per heavy atom. The summed E-state index contributed by atoms with van der Waals surface area (Å²) in [6.07, 6.45) is -1.63. The van der Waals surface area contributed by atoms with Gasteiger partial charge in [0.1, 0.15) is 18.3 Å². The van der Waals surface area contributed by atoms with E-state index in [0.29, 0.717) is 6.26 Å². The van der Waals surface area contributed by atoms with Crippen LogP contribution in [0.1, 0.15) is 0 Å². The Morgan fingerprint density at radius 1 is 1.43 bits per heavy atom. The Balaban J connectivity index is 0.000000292. The summed E-state index contributed by atoms with van der Waals surface area (Å²) in [7, 11) is -3.67. The number of hydrogen-bond donors (Lipinski definition) is 4. The van der Waals surface area contributed by atoms with Gasteiger partial charge >= 0.3 is 0 Å². The summed E-state index contributed by atoms with van der Waals surface area (Å²) in [5, 5.41) is 26.2. The van der Waals surface area contributed by atoms with Gasteiger partial charge in [0.15, 0.2) is 0 Å². The van der Waals surface area contributed by atoms with E-state index in [4.69, 9.17) is 24.6 Å². The molecule has 0 unspecified atom stereocenters. The minimum atomic E-state index is -3.67. The number of aliphatic hydroxyl groups excluding tert-OH is 3. The van der Waals surface area contributed by atoms with Crippen molar-refractivity contribution in [2.24, 2.45) is 0 Å². The fourth-order valence-corrected chi connectivity index (χ4v) is 0.828. The summed E-state index contributed by atoms with van der Waals surface area (Å²) in [5.41, 5.74) is 0. The van der Waals surface area contributed by atoms with Gasteiger partial charge in [-0.3, -0.25) is 4.55 Å². The third-order valence-corrected chi connectivity index (χ3v) is 1.44. The lowest BCUT2D eigenvalue weighted by Gasteiger charge is -2.10. The maximum Gasteiger partial charge on any atom is 0.261 e. The van der Waals surface area contributed by atoms with Crippen molar-refractivity contribution in [3.8, 4) is 0 Å². The molecule has 1 aliphatic rings. The van der Waals surface area contributed by atoms with Gasteiger partial charge in [-0.05, 0) is 0 Å². The van der Waals surface area contributed by atoms with E-state index >= 15 is 0 Å². The van der Waals surface area contributed by atoms with Gasteiger partial charge in [0.05, 0.1) is 19.5 Å². The number of aliphatic hydroxyl groups is 3. The van der Waals surface area contributed by atoms with Gasteiger partial charge in [-0.15, -0.1) is 0 Å². The van der Waals surface area contributed by atoms with Crippen molar-refractivity contribution >= 4 is 10.1 Å². The van der Waals surface area contributed by atoms with Gasteiger partial charge in [-0.1, -0.05) is 0 Å². The van der Waals surface area contributed by atoms with Gasteiger partial charge in [0, 0.05) is 0 Å². The lowest BCUT2D eigenvalue weighted by molar-refractivity contribution is -0.00588. The first-order chi connectivity index (χ1) is 6.25. The molecule has 0 amide bonds. The number of rotatable bonds is 1. The van der Waals surface area contributed by atoms with E-state index in [9.17, 15) is 8.42 Å². The van der Waals surface area contributed by atoms with Crippen LogP contribution in [0.4, 0.5) is 0 Å². The second kappa shape index (κ2) is 5.59. The van der Waals surface area contributed by atoms with Crippen LogP contribution in [0.5, 0.6) is 0 Å². The van der Waals surface area contributed by atoms with E-state index in [2.05, 4.69) is 0 Å². The summed E-state index contributed by atoms with van der Waals surface area (Å²) in [6.45, 7) is -0.120. The first-order valence-electron chi connectivity index (χ1n) is 3.76. The predicted molar refractivity (Wildman–Crippen MR) is 46.3 cm³/mol. The molecule has 1 fully saturated rings. The van der Waals surface area contributed by atoms with Crippen LogP contribution in [0, 0.1) is 0 Å². The minimum absolute atomic E-state index is 0.117. The highest BCUT2D eigenvalue weighted by atomic mass is 32.2. The molecule has 0 bridgehead atoms. The van der Waals surface area contributed by atoms with E-state index in [1.165, 1.54) is 0 Å². The van der Waals surface area contributed by atoms with Crippen LogP contribution in [0.15, 0.2) is 0 Å². The Labute approximate surface area is 81.7 Å². The molecule has 0 aromatic rings. The molecule has 0 aromatic heterocycles. The fourth-order valence-electron chi connectivity index (χ4n) is 0.828. The third-order valence-electron chi connectivity index (χ3n) is 1.44. The molecule has 1 saturated heterocycles.